The monoisotopic (exact) mass is 422 g/mol. The molecule has 5 heteroatoms. The first kappa shape index (κ1) is 22.0. The lowest BCUT2D eigenvalue weighted by Gasteiger charge is -2.24. The van der Waals surface area contributed by atoms with Gasteiger partial charge in [0.05, 0.1) is 12.2 Å². The molecule has 0 saturated heterocycles. The number of aromatic nitrogens is 1. The molecule has 4 nitrogen and oxygen atoms in total. The van der Waals surface area contributed by atoms with Crippen LogP contribution in [-0.2, 0) is 13.2 Å². The third-order valence-corrected chi connectivity index (χ3v) is 5.63. The fourth-order valence-corrected chi connectivity index (χ4v) is 4.18. The molecule has 0 atom stereocenters. The molecule has 1 amide bonds. The molecule has 0 aliphatic carbocycles. The molecular weight excluding hydrogens is 392 g/mol. The first-order valence-corrected chi connectivity index (χ1v) is 11.2. The van der Waals surface area contributed by atoms with Crippen LogP contribution in [0.2, 0.25) is 0 Å². The Kier molecular flexibility index (Phi) is 7.27. The van der Waals surface area contributed by atoms with Gasteiger partial charge in [0.25, 0.3) is 5.91 Å². The highest BCUT2D eigenvalue weighted by Crippen LogP contribution is 2.20. The molecule has 30 heavy (non-hydrogen) atoms. The standard InChI is InChI=1S/C25H30N2O2S/c1-17(2)13-27(25(28)23-9-7-6-8-20(23)5)14-21-16-30-24(26-21)15-29-22-11-18(3)10-19(4)12-22/h6-12,16-17H,13-15H2,1-5H3. The van der Waals surface area contributed by atoms with Crippen LogP contribution in [-0.4, -0.2) is 22.3 Å². The highest BCUT2D eigenvalue weighted by molar-refractivity contribution is 7.09. The minimum Gasteiger partial charge on any atom is -0.486 e. The fraction of sp³-hybridized carbons (Fsp3) is 0.360. The van der Waals surface area contributed by atoms with E-state index >= 15 is 0 Å². The Morgan fingerprint density at radius 3 is 2.47 bits per heavy atom. The van der Waals surface area contributed by atoms with E-state index in [9.17, 15) is 4.79 Å². The van der Waals surface area contributed by atoms with E-state index in [4.69, 9.17) is 9.72 Å². The molecule has 0 N–H and O–H groups in total. The van der Waals surface area contributed by atoms with Gasteiger partial charge in [-0.15, -0.1) is 11.3 Å². The molecule has 158 valence electrons. The van der Waals surface area contributed by atoms with Crippen molar-refractivity contribution in [3.05, 3.63) is 80.8 Å². The molecule has 0 radical (unpaired) electrons. The third kappa shape index (κ3) is 5.92. The lowest BCUT2D eigenvalue weighted by Crippen LogP contribution is -2.34. The summed E-state index contributed by atoms with van der Waals surface area (Å²) in [4.78, 5) is 19.8. The van der Waals surface area contributed by atoms with E-state index in [0.29, 0.717) is 25.6 Å². The van der Waals surface area contributed by atoms with Crippen molar-refractivity contribution in [1.82, 2.24) is 9.88 Å². The minimum atomic E-state index is 0.0582. The molecule has 3 aromatic rings. The average Bonchev–Trinajstić information content (AvgIpc) is 3.12. The second-order valence-corrected chi connectivity index (χ2v) is 9.18. The number of hydrogen-bond acceptors (Lipinski definition) is 4. The highest BCUT2D eigenvalue weighted by Gasteiger charge is 2.20. The van der Waals surface area contributed by atoms with E-state index in [2.05, 4.69) is 33.8 Å². The Hall–Kier alpha value is -2.66. The van der Waals surface area contributed by atoms with Crippen molar-refractivity contribution in [2.75, 3.05) is 6.54 Å². The predicted molar refractivity (Wildman–Crippen MR) is 123 cm³/mol. The zero-order valence-electron chi connectivity index (χ0n) is 18.4. The van der Waals surface area contributed by atoms with E-state index in [1.165, 1.54) is 11.1 Å². The maximum absolute atomic E-state index is 13.2. The molecule has 0 bridgehead atoms. The summed E-state index contributed by atoms with van der Waals surface area (Å²) < 4.78 is 5.94. The van der Waals surface area contributed by atoms with E-state index in [1.54, 1.807) is 11.3 Å². The number of amides is 1. The van der Waals surface area contributed by atoms with Gasteiger partial charge in [-0.25, -0.2) is 4.98 Å². The second-order valence-electron chi connectivity index (χ2n) is 8.24. The predicted octanol–water partition coefficient (Wildman–Crippen LogP) is 5.95. The van der Waals surface area contributed by atoms with E-state index < -0.39 is 0 Å². The van der Waals surface area contributed by atoms with Gasteiger partial charge in [0, 0.05) is 17.5 Å². The molecular formula is C25H30N2O2S. The summed E-state index contributed by atoms with van der Waals surface area (Å²) in [5, 5.41) is 2.94. The van der Waals surface area contributed by atoms with Crippen molar-refractivity contribution in [1.29, 1.82) is 0 Å². The fourth-order valence-electron chi connectivity index (χ4n) is 3.49. The molecule has 0 aliphatic rings. The van der Waals surface area contributed by atoms with Crippen LogP contribution < -0.4 is 4.74 Å². The Balaban J connectivity index is 1.69. The van der Waals surface area contributed by atoms with Crippen LogP contribution in [0, 0.1) is 26.7 Å². The van der Waals surface area contributed by atoms with Gasteiger partial charge in [-0.05, 0) is 61.6 Å². The van der Waals surface area contributed by atoms with Crippen molar-refractivity contribution < 1.29 is 9.53 Å². The number of aryl methyl sites for hydroxylation is 3. The van der Waals surface area contributed by atoms with Crippen molar-refractivity contribution in [2.45, 2.75) is 47.8 Å². The van der Waals surface area contributed by atoms with Crippen molar-refractivity contribution in [3.8, 4) is 5.75 Å². The number of carbonyl (C=O) groups is 1. The zero-order chi connectivity index (χ0) is 21.7. The summed E-state index contributed by atoms with van der Waals surface area (Å²) in [6.07, 6.45) is 0. The maximum Gasteiger partial charge on any atom is 0.254 e. The van der Waals surface area contributed by atoms with Crippen molar-refractivity contribution in [2.24, 2.45) is 5.92 Å². The van der Waals surface area contributed by atoms with Crippen LogP contribution in [0.25, 0.3) is 0 Å². The number of nitrogens with zero attached hydrogens (tertiary/aromatic N) is 2. The third-order valence-electron chi connectivity index (χ3n) is 4.76. The van der Waals surface area contributed by atoms with E-state index in [-0.39, 0.29) is 5.91 Å². The van der Waals surface area contributed by atoms with E-state index in [0.717, 1.165) is 27.6 Å². The van der Waals surface area contributed by atoms with Crippen molar-refractivity contribution >= 4 is 17.2 Å². The molecule has 0 saturated carbocycles. The van der Waals surface area contributed by atoms with Gasteiger partial charge in [0.1, 0.15) is 17.4 Å². The zero-order valence-corrected chi connectivity index (χ0v) is 19.3. The minimum absolute atomic E-state index is 0.0582. The Bertz CT molecular complexity index is 990. The Morgan fingerprint density at radius 1 is 1.10 bits per heavy atom. The van der Waals surface area contributed by atoms with Gasteiger partial charge < -0.3 is 9.64 Å². The van der Waals surface area contributed by atoms with Crippen LogP contribution >= 0.6 is 11.3 Å². The molecule has 3 rings (SSSR count). The molecule has 1 heterocycles. The SMILES string of the molecule is Cc1cc(C)cc(OCc2nc(CN(CC(C)C)C(=O)c3ccccc3C)cs2)c1. The number of rotatable bonds is 8. The van der Waals surface area contributed by atoms with Crippen molar-refractivity contribution in [3.63, 3.8) is 0 Å². The molecule has 1 aromatic heterocycles. The number of carbonyl (C=O) groups excluding carboxylic acids is 1. The number of ether oxygens (including phenoxy) is 1. The molecule has 0 unspecified atom stereocenters. The quantitative estimate of drug-likeness (QED) is 0.451. The Labute approximate surface area is 183 Å². The second kappa shape index (κ2) is 9.90. The largest absolute Gasteiger partial charge is 0.486 e. The smallest absolute Gasteiger partial charge is 0.254 e. The van der Waals surface area contributed by atoms with Crippen LogP contribution in [0.5, 0.6) is 5.75 Å². The first-order chi connectivity index (χ1) is 14.3. The van der Waals surface area contributed by atoms with Crippen LogP contribution in [0.3, 0.4) is 0 Å². The number of thiazole rings is 1. The van der Waals surface area contributed by atoms with Gasteiger partial charge in [-0.2, -0.15) is 0 Å². The highest BCUT2D eigenvalue weighted by atomic mass is 32.1. The lowest BCUT2D eigenvalue weighted by atomic mass is 10.1. The summed E-state index contributed by atoms with van der Waals surface area (Å²) in [7, 11) is 0. The molecule has 0 fully saturated rings. The topological polar surface area (TPSA) is 42.4 Å². The maximum atomic E-state index is 13.2. The van der Waals surface area contributed by atoms with E-state index in [1.807, 2.05) is 53.6 Å². The van der Waals surface area contributed by atoms with Gasteiger partial charge in [0.2, 0.25) is 0 Å². The summed E-state index contributed by atoms with van der Waals surface area (Å²) in [5.74, 6) is 1.30. The van der Waals surface area contributed by atoms with Crippen LogP contribution in [0.1, 0.15) is 51.6 Å². The first-order valence-electron chi connectivity index (χ1n) is 10.3. The summed E-state index contributed by atoms with van der Waals surface area (Å²) >= 11 is 1.57. The summed E-state index contributed by atoms with van der Waals surface area (Å²) in [6.45, 7) is 12.0. The Morgan fingerprint density at radius 2 is 1.80 bits per heavy atom. The van der Waals surface area contributed by atoms with Gasteiger partial charge in [-0.1, -0.05) is 38.1 Å². The average molecular weight is 423 g/mol. The van der Waals surface area contributed by atoms with Gasteiger partial charge in [-0.3, -0.25) is 4.79 Å². The summed E-state index contributed by atoms with van der Waals surface area (Å²) in [6, 6.07) is 13.9. The summed E-state index contributed by atoms with van der Waals surface area (Å²) in [5.41, 5.74) is 5.03. The normalized spacial score (nSPS) is 11.0. The lowest BCUT2D eigenvalue weighted by molar-refractivity contribution is 0.0720. The molecule has 0 aliphatic heterocycles. The van der Waals surface area contributed by atoms with Crippen LogP contribution in [0.15, 0.2) is 47.8 Å². The molecule has 0 spiro atoms. The van der Waals surface area contributed by atoms with Gasteiger partial charge in [0.15, 0.2) is 0 Å². The number of benzene rings is 2. The van der Waals surface area contributed by atoms with Crippen LogP contribution in [0.4, 0.5) is 0 Å². The number of hydrogen-bond donors (Lipinski definition) is 0. The molecule has 2 aromatic carbocycles. The van der Waals surface area contributed by atoms with Gasteiger partial charge >= 0.3 is 0 Å².